The van der Waals surface area contributed by atoms with Gasteiger partial charge in [0, 0.05) is 7.05 Å². The number of esters is 1. The van der Waals surface area contributed by atoms with Gasteiger partial charge in [0.1, 0.15) is 5.02 Å². The molecule has 0 spiro atoms. The van der Waals surface area contributed by atoms with E-state index in [0.717, 1.165) is 6.07 Å². The molecule has 1 aliphatic rings. The summed E-state index contributed by atoms with van der Waals surface area (Å²) in [5, 5.41) is 10.8. The Morgan fingerprint density at radius 1 is 1.55 bits per heavy atom. The van der Waals surface area contributed by atoms with Crippen LogP contribution in [-0.4, -0.2) is 36.6 Å². The van der Waals surface area contributed by atoms with E-state index in [1.54, 1.807) is 6.92 Å². The number of fused-ring (bicyclic) bond motifs is 1. The van der Waals surface area contributed by atoms with Crippen LogP contribution in [0.2, 0.25) is 5.02 Å². The molecule has 8 nitrogen and oxygen atoms in total. The summed E-state index contributed by atoms with van der Waals surface area (Å²) in [4.78, 5) is 35.2. The van der Waals surface area contributed by atoms with Gasteiger partial charge in [0.2, 0.25) is 0 Å². The van der Waals surface area contributed by atoms with Gasteiger partial charge in [0.05, 0.1) is 29.7 Å². The normalized spacial score (nSPS) is 16.8. The van der Waals surface area contributed by atoms with E-state index in [1.807, 2.05) is 0 Å². The van der Waals surface area contributed by atoms with Crippen molar-refractivity contribution in [2.24, 2.45) is 0 Å². The summed E-state index contributed by atoms with van der Waals surface area (Å²) in [5.41, 5.74) is -0.0289. The van der Waals surface area contributed by atoms with Gasteiger partial charge < -0.3 is 14.4 Å². The molecule has 0 aliphatic carbocycles. The quantitative estimate of drug-likeness (QED) is 0.475. The second-order valence-electron chi connectivity index (χ2n) is 4.54. The third kappa shape index (κ3) is 2.96. The number of carbonyl (C=O) groups excluding carboxylic acids is 2. The third-order valence-electron chi connectivity index (χ3n) is 3.12. The summed E-state index contributed by atoms with van der Waals surface area (Å²) in [5.74, 6) is -0.917. The number of nitro benzene ring substituents is 1. The van der Waals surface area contributed by atoms with E-state index in [4.69, 9.17) is 21.1 Å². The van der Waals surface area contributed by atoms with Crippen LogP contribution >= 0.6 is 11.6 Å². The Balaban J connectivity index is 2.34. The molecule has 1 aromatic carbocycles. The van der Waals surface area contributed by atoms with Gasteiger partial charge in [-0.1, -0.05) is 11.6 Å². The van der Waals surface area contributed by atoms with Gasteiger partial charge in [-0.05, 0) is 13.0 Å². The summed E-state index contributed by atoms with van der Waals surface area (Å²) < 4.78 is 10.2. The Labute approximate surface area is 130 Å². The molecular formula is C13H13ClN2O6. The van der Waals surface area contributed by atoms with Crippen molar-refractivity contribution in [2.75, 3.05) is 18.6 Å². The maximum Gasteiger partial charge on any atom is 0.310 e. The van der Waals surface area contributed by atoms with Crippen molar-refractivity contribution in [1.29, 1.82) is 0 Å². The van der Waals surface area contributed by atoms with E-state index in [-0.39, 0.29) is 29.5 Å². The van der Waals surface area contributed by atoms with Crippen LogP contribution in [0.25, 0.3) is 0 Å². The average molecular weight is 329 g/mol. The molecule has 1 aliphatic heterocycles. The third-order valence-corrected chi connectivity index (χ3v) is 3.42. The maximum absolute atomic E-state index is 12.2. The maximum atomic E-state index is 12.2. The van der Waals surface area contributed by atoms with Crippen LogP contribution in [0.15, 0.2) is 12.1 Å². The number of halogens is 1. The van der Waals surface area contributed by atoms with E-state index >= 15 is 0 Å². The summed E-state index contributed by atoms with van der Waals surface area (Å²) in [6, 6.07) is 2.42. The predicted molar refractivity (Wildman–Crippen MR) is 77.2 cm³/mol. The van der Waals surface area contributed by atoms with E-state index in [9.17, 15) is 19.7 Å². The SMILES string of the molecule is CCOC(=O)CC1Oc2cc([N+](=O)[O-])c(Cl)cc2N(C)C1=O. The van der Waals surface area contributed by atoms with Crippen LogP contribution in [0, 0.1) is 10.1 Å². The predicted octanol–water partition coefficient (Wildman–Crippen LogP) is 1.93. The number of nitrogens with zero attached hydrogens (tertiary/aromatic N) is 2. The molecule has 0 N–H and O–H groups in total. The van der Waals surface area contributed by atoms with Crippen LogP contribution in [0.1, 0.15) is 13.3 Å². The smallest absolute Gasteiger partial charge is 0.310 e. The number of hydrogen-bond donors (Lipinski definition) is 0. The van der Waals surface area contributed by atoms with E-state index < -0.39 is 22.9 Å². The highest BCUT2D eigenvalue weighted by atomic mass is 35.5. The zero-order chi connectivity index (χ0) is 16.4. The minimum atomic E-state index is -1.09. The molecule has 9 heteroatoms. The van der Waals surface area contributed by atoms with E-state index in [0.29, 0.717) is 5.69 Å². The summed E-state index contributed by atoms with van der Waals surface area (Å²) in [7, 11) is 1.48. The molecule has 1 atom stereocenters. The zero-order valence-electron chi connectivity index (χ0n) is 11.9. The molecule has 0 fully saturated rings. The number of hydrogen-bond acceptors (Lipinski definition) is 6. The monoisotopic (exact) mass is 328 g/mol. The Morgan fingerprint density at radius 2 is 2.23 bits per heavy atom. The van der Waals surface area contributed by atoms with Crippen molar-refractivity contribution < 1.29 is 24.0 Å². The molecule has 1 amide bonds. The lowest BCUT2D eigenvalue weighted by molar-refractivity contribution is -0.384. The number of benzene rings is 1. The van der Waals surface area contributed by atoms with Gasteiger partial charge in [-0.25, -0.2) is 0 Å². The fraction of sp³-hybridized carbons (Fsp3) is 0.385. The van der Waals surface area contributed by atoms with Gasteiger partial charge in [-0.2, -0.15) is 0 Å². The molecule has 118 valence electrons. The van der Waals surface area contributed by atoms with Gasteiger partial charge in [-0.15, -0.1) is 0 Å². The fourth-order valence-electron chi connectivity index (χ4n) is 2.07. The van der Waals surface area contributed by atoms with Gasteiger partial charge in [-0.3, -0.25) is 19.7 Å². The van der Waals surface area contributed by atoms with Gasteiger partial charge in [0.25, 0.3) is 11.6 Å². The Kier molecular flexibility index (Phi) is 4.51. The lowest BCUT2D eigenvalue weighted by atomic mass is 10.1. The first-order valence-corrected chi connectivity index (χ1v) is 6.80. The van der Waals surface area contributed by atoms with Crippen molar-refractivity contribution in [3.05, 3.63) is 27.3 Å². The van der Waals surface area contributed by atoms with Crippen LogP contribution in [0.4, 0.5) is 11.4 Å². The Hall–Kier alpha value is -2.35. The van der Waals surface area contributed by atoms with Gasteiger partial charge in [0.15, 0.2) is 11.9 Å². The van der Waals surface area contributed by atoms with Crippen molar-refractivity contribution in [1.82, 2.24) is 0 Å². The summed E-state index contributed by atoms with van der Waals surface area (Å²) in [6.45, 7) is 1.83. The second kappa shape index (κ2) is 6.18. The minimum Gasteiger partial charge on any atom is -0.477 e. The minimum absolute atomic E-state index is 0.101. The molecule has 0 saturated carbocycles. The number of carbonyl (C=O) groups is 2. The lowest BCUT2D eigenvalue weighted by Gasteiger charge is -2.31. The topological polar surface area (TPSA) is 99.0 Å². The molecule has 0 radical (unpaired) electrons. The van der Waals surface area contributed by atoms with Crippen molar-refractivity contribution >= 4 is 34.9 Å². The van der Waals surface area contributed by atoms with Crippen LogP contribution in [-0.2, 0) is 14.3 Å². The van der Waals surface area contributed by atoms with Crippen molar-refractivity contribution in [3.63, 3.8) is 0 Å². The molecule has 0 bridgehead atoms. The van der Waals surface area contributed by atoms with Crippen LogP contribution in [0.3, 0.4) is 0 Å². The highest BCUT2D eigenvalue weighted by Crippen LogP contribution is 2.40. The molecule has 22 heavy (non-hydrogen) atoms. The molecule has 1 unspecified atom stereocenters. The average Bonchev–Trinajstić information content (AvgIpc) is 2.45. The van der Waals surface area contributed by atoms with Crippen molar-refractivity contribution in [3.8, 4) is 5.75 Å². The molecule has 0 saturated heterocycles. The Morgan fingerprint density at radius 3 is 2.82 bits per heavy atom. The molecule has 1 aromatic rings. The first-order valence-electron chi connectivity index (χ1n) is 6.43. The number of amides is 1. The number of rotatable bonds is 4. The van der Waals surface area contributed by atoms with Crippen LogP contribution < -0.4 is 9.64 Å². The first kappa shape index (κ1) is 16.0. The Bertz CT molecular complexity index is 648. The summed E-state index contributed by atoms with van der Waals surface area (Å²) in [6.07, 6.45) is -1.36. The fourth-order valence-corrected chi connectivity index (χ4v) is 2.29. The number of nitro groups is 1. The molecule has 0 aromatic heterocycles. The zero-order valence-corrected chi connectivity index (χ0v) is 12.6. The summed E-state index contributed by atoms with van der Waals surface area (Å²) >= 11 is 5.82. The highest BCUT2D eigenvalue weighted by molar-refractivity contribution is 6.33. The largest absolute Gasteiger partial charge is 0.477 e. The molecule has 2 rings (SSSR count). The standard InChI is InChI=1S/C13H13ClN2O6/c1-3-21-12(17)6-11-13(18)15(2)9-4-7(14)8(16(19)20)5-10(9)22-11/h4-5,11H,3,6H2,1-2H3. The van der Waals surface area contributed by atoms with E-state index in [1.165, 1.54) is 18.0 Å². The molecular weight excluding hydrogens is 316 g/mol. The van der Waals surface area contributed by atoms with Gasteiger partial charge >= 0.3 is 5.97 Å². The number of anilines is 1. The van der Waals surface area contributed by atoms with Crippen molar-refractivity contribution in [2.45, 2.75) is 19.4 Å². The first-order chi connectivity index (χ1) is 10.3. The lowest BCUT2D eigenvalue weighted by Crippen LogP contribution is -2.45. The van der Waals surface area contributed by atoms with Crippen LogP contribution in [0.5, 0.6) is 5.75 Å². The second-order valence-corrected chi connectivity index (χ2v) is 4.95. The highest BCUT2D eigenvalue weighted by Gasteiger charge is 2.36. The van der Waals surface area contributed by atoms with E-state index in [2.05, 4.69) is 0 Å². The number of likely N-dealkylation sites (N-methyl/N-ethyl adjacent to an activating group) is 1. The number of ether oxygens (including phenoxy) is 2. The molecule has 1 heterocycles.